The van der Waals surface area contributed by atoms with Crippen molar-refractivity contribution in [3.8, 4) is 5.75 Å². The first-order valence-corrected chi connectivity index (χ1v) is 3.99. The summed E-state index contributed by atoms with van der Waals surface area (Å²) in [6, 6.07) is 3.35. The maximum absolute atomic E-state index is 10.7. The summed E-state index contributed by atoms with van der Waals surface area (Å²) in [7, 11) is 1.75. The van der Waals surface area contributed by atoms with Gasteiger partial charge in [-0.05, 0) is 6.07 Å². The molecule has 5 heteroatoms. The van der Waals surface area contributed by atoms with E-state index in [1.807, 2.05) is 0 Å². The number of rotatable bonds is 2. The van der Waals surface area contributed by atoms with Crippen molar-refractivity contribution in [3.05, 3.63) is 24.0 Å². The Balaban J connectivity index is 3.14. The van der Waals surface area contributed by atoms with Gasteiger partial charge in [-0.2, -0.15) is 4.57 Å². The van der Waals surface area contributed by atoms with E-state index in [-0.39, 0.29) is 0 Å². The van der Waals surface area contributed by atoms with E-state index in [1.54, 1.807) is 29.9 Å². The maximum Gasteiger partial charge on any atom is 0.308 e. The van der Waals surface area contributed by atoms with Crippen molar-refractivity contribution < 1.29 is 19.3 Å². The second-order valence-electron chi connectivity index (χ2n) is 2.71. The smallest absolute Gasteiger partial charge is 0.308 e. The van der Waals surface area contributed by atoms with Crippen LogP contribution in [-0.2, 0) is 11.8 Å². The van der Waals surface area contributed by atoms with Gasteiger partial charge in [0.25, 0.3) is 5.69 Å². The van der Waals surface area contributed by atoms with Crippen molar-refractivity contribution in [2.75, 3.05) is 0 Å². The number of esters is 1. The number of hydrogen-bond donors (Lipinski definition) is 1. The van der Waals surface area contributed by atoms with E-state index >= 15 is 0 Å². The van der Waals surface area contributed by atoms with E-state index in [9.17, 15) is 4.79 Å². The molecule has 0 aromatic carbocycles. The molecule has 1 aromatic rings. The van der Waals surface area contributed by atoms with Crippen LogP contribution in [-0.4, -0.2) is 17.4 Å². The molecule has 0 bridgehead atoms. The lowest BCUT2D eigenvalue weighted by atomic mass is 10.3. The molecule has 0 spiro atoms. The van der Waals surface area contributed by atoms with Gasteiger partial charge in [-0.3, -0.25) is 4.79 Å². The minimum atomic E-state index is -0.413. The third kappa shape index (κ3) is 2.29. The topological polar surface area (TPSA) is 62.8 Å². The van der Waals surface area contributed by atoms with Crippen LogP contribution in [0.25, 0.3) is 0 Å². The van der Waals surface area contributed by atoms with Crippen LogP contribution < -0.4 is 9.30 Å². The summed E-state index contributed by atoms with van der Waals surface area (Å²) in [5.74, 6) is -0.0518. The largest absolute Gasteiger partial charge is 0.420 e. The number of ether oxygens (including phenoxy) is 1. The normalized spacial score (nSPS) is 10.4. The average molecular weight is 195 g/mol. The highest BCUT2D eigenvalue weighted by molar-refractivity contribution is 5.80. The van der Waals surface area contributed by atoms with E-state index in [1.165, 1.54) is 13.1 Å². The summed E-state index contributed by atoms with van der Waals surface area (Å²) in [5.41, 5.74) is 0.519. The van der Waals surface area contributed by atoms with Crippen molar-refractivity contribution in [2.45, 2.75) is 6.92 Å². The summed E-state index contributed by atoms with van der Waals surface area (Å²) in [6.07, 6.45) is 2.96. The summed E-state index contributed by atoms with van der Waals surface area (Å²) in [5, 5.41) is 11.3. The Morgan fingerprint density at radius 3 is 3.00 bits per heavy atom. The van der Waals surface area contributed by atoms with Gasteiger partial charge in [-0.15, -0.1) is 0 Å². The number of carbonyl (C=O) groups excluding carboxylic acids is 1. The third-order valence-corrected chi connectivity index (χ3v) is 1.62. The number of aryl methyl sites for hydroxylation is 1. The molecule has 0 fully saturated rings. The van der Waals surface area contributed by atoms with Crippen molar-refractivity contribution >= 4 is 12.2 Å². The Labute approximate surface area is 81.2 Å². The maximum atomic E-state index is 10.7. The Hall–Kier alpha value is -1.91. The van der Waals surface area contributed by atoms with Crippen molar-refractivity contribution in [3.63, 3.8) is 0 Å². The predicted octanol–water partition coefficient (Wildman–Crippen LogP) is 0.244. The molecule has 0 saturated carbocycles. The molecular formula is C9H11N2O3+. The summed E-state index contributed by atoms with van der Waals surface area (Å²) in [6.45, 7) is 1.31. The van der Waals surface area contributed by atoms with Gasteiger partial charge in [0.2, 0.25) is 5.75 Å². The Bertz CT molecular complexity index is 374. The van der Waals surface area contributed by atoms with E-state index in [0.717, 1.165) is 0 Å². The van der Waals surface area contributed by atoms with Crippen molar-refractivity contribution in [1.82, 2.24) is 0 Å². The molecule has 0 aliphatic rings. The zero-order valence-electron chi connectivity index (χ0n) is 7.97. The number of aromatic nitrogens is 1. The highest BCUT2D eigenvalue weighted by Gasteiger charge is 2.13. The van der Waals surface area contributed by atoms with Gasteiger partial charge >= 0.3 is 5.97 Å². The molecule has 1 aromatic heterocycles. The van der Waals surface area contributed by atoms with Crippen LogP contribution in [0, 0.1) is 0 Å². The van der Waals surface area contributed by atoms with Crippen LogP contribution >= 0.6 is 0 Å². The van der Waals surface area contributed by atoms with Gasteiger partial charge in [0.15, 0.2) is 6.20 Å². The second-order valence-corrected chi connectivity index (χ2v) is 2.71. The van der Waals surface area contributed by atoms with Crippen LogP contribution in [0.3, 0.4) is 0 Å². The zero-order valence-corrected chi connectivity index (χ0v) is 7.97. The van der Waals surface area contributed by atoms with E-state index in [2.05, 4.69) is 5.16 Å². The Kier molecular flexibility index (Phi) is 3.17. The first-order chi connectivity index (χ1) is 6.65. The number of hydrogen-bond acceptors (Lipinski definition) is 4. The molecule has 74 valence electrons. The Morgan fingerprint density at radius 1 is 1.71 bits per heavy atom. The molecule has 0 saturated heterocycles. The van der Waals surface area contributed by atoms with Gasteiger partial charge in [-0.1, -0.05) is 5.16 Å². The standard InChI is InChI=1S/C9H10N2O3/c1-7(12)14-9-4-3-5-11(2)8(9)6-10-13/h3-6H,1-2H3/p+1. The molecule has 1 rings (SSSR count). The summed E-state index contributed by atoms with van der Waals surface area (Å²) < 4.78 is 6.60. The minimum absolute atomic E-state index is 0.361. The number of oxime groups is 1. The molecule has 14 heavy (non-hydrogen) atoms. The third-order valence-electron chi connectivity index (χ3n) is 1.62. The van der Waals surface area contributed by atoms with Crippen LogP contribution in [0.5, 0.6) is 5.75 Å². The molecule has 0 radical (unpaired) electrons. The lowest BCUT2D eigenvalue weighted by Crippen LogP contribution is -2.33. The number of carbonyl (C=O) groups is 1. The van der Waals surface area contributed by atoms with Crippen LogP contribution in [0.4, 0.5) is 0 Å². The Morgan fingerprint density at radius 2 is 2.43 bits per heavy atom. The van der Waals surface area contributed by atoms with E-state index in [0.29, 0.717) is 11.4 Å². The average Bonchev–Trinajstić information content (AvgIpc) is 2.10. The predicted molar refractivity (Wildman–Crippen MR) is 48.3 cm³/mol. The number of pyridine rings is 1. The highest BCUT2D eigenvalue weighted by atomic mass is 16.5. The molecule has 0 unspecified atom stereocenters. The highest BCUT2D eigenvalue weighted by Crippen LogP contribution is 2.11. The molecule has 0 aliphatic carbocycles. The number of nitrogens with zero attached hydrogens (tertiary/aromatic N) is 2. The van der Waals surface area contributed by atoms with Crippen molar-refractivity contribution in [1.29, 1.82) is 0 Å². The fourth-order valence-electron chi connectivity index (χ4n) is 1.05. The molecule has 0 amide bonds. The minimum Gasteiger partial charge on any atom is -0.420 e. The molecule has 0 aliphatic heterocycles. The lowest BCUT2D eigenvalue weighted by molar-refractivity contribution is -0.672. The zero-order chi connectivity index (χ0) is 10.6. The van der Waals surface area contributed by atoms with Crippen molar-refractivity contribution in [2.24, 2.45) is 12.2 Å². The second kappa shape index (κ2) is 4.36. The lowest BCUT2D eigenvalue weighted by Gasteiger charge is -2.01. The molecule has 0 atom stereocenters. The van der Waals surface area contributed by atoms with Gasteiger partial charge in [0.1, 0.15) is 13.3 Å². The summed E-state index contributed by atoms with van der Waals surface area (Å²) in [4.78, 5) is 10.7. The van der Waals surface area contributed by atoms with Crippen LogP contribution in [0.15, 0.2) is 23.5 Å². The van der Waals surface area contributed by atoms with E-state index in [4.69, 9.17) is 9.94 Å². The van der Waals surface area contributed by atoms with Crippen LogP contribution in [0.1, 0.15) is 12.6 Å². The van der Waals surface area contributed by atoms with Gasteiger partial charge < -0.3 is 9.94 Å². The molecule has 1 heterocycles. The fraction of sp³-hybridized carbons (Fsp3) is 0.222. The van der Waals surface area contributed by atoms with Gasteiger partial charge in [0, 0.05) is 13.0 Å². The first kappa shape index (κ1) is 10.2. The molecular weight excluding hydrogens is 184 g/mol. The first-order valence-electron chi connectivity index (χ1n) is 3.99. The summed E-state index contributed by atoms with van der Waals surface area (Å²) >= 11 is 0. The molecule has 5 nitrogen and oxygen atoms in total. The van der Waals surface area contributed by atoms with E-state index < -0.39 is 5.97 Å². The van der Waals surface area contributed by atoms with Gasteiger partial charge in [-0.25, -0.2) is 0 Å². The fourth-order valence-corrected chi connectivity index (χ4v) is 1.05. The molecule has 1 N–H and O–H groups in total. The monoisotopic (exact) mass is 195 g/mol. The van der Waals surface area contributed by atoms with Gasteiger partial charge in [0.05, 0.1) is 0 Å². The SMILES string of the molecule is CC(=O)Oc1ccc[n+](C)c1/C=N/O. The quantitative estimate of drug-likeness (QED) is 0.242. The van der Waals surface area contributed by atoms with Crippen LogP contribution in [0.2, 0.25) is 0 Å².